The Labute approximate surface area is 126 Å². The Kier molecular flexibility index (Phi) is 4.90. The molecule has 5 nitrogen and oxygen atoms in total. The zero-order chi connectivity index (χ0) is 15.2. The van der Waals surface area contributed by atoms with Crippen LogP contribution in [0.25, 0.3) is 0 Å². The van der Waals surface area contributed by atoms with Crippen LogP contribution < -0.4 is 5.32 Å². The van der Waals surface area contributed by atoms with Gasteiger partial charge < -0.3 is 5.32 Å². The van der Waals surface area contributed by atoms with E-state index < -0.39 is 4.92 Å². The third-order valence-corrected chi connectivity index (χ3v) is 3.41. The molecule has 2 aromatic carbocycles. The molecule has 1 N–H and O–H groups in total. The Bertz CT molecular complexity index is 644. The fourth-order valence-electron chi connectivity index (χ4n) is 2.13. The molecule has 0 aliphatic heterocycles. The van der Waals surface area contributed by atoms with Crippen LogP contribution in [0.4, 0.5) is 5.69 Å². The molecule has 0 aliphatic carbocycles. The van der Waals surface area contributed by atoms with Crippen LogP contribution in [-0.2, 0) is 11.2 Å². The molecule has 1 atom stereocenters. The smallest absolute Gasteiger partial charge is 0.272 e. The minimum absolute atomic E-state index is 0.0455. The summed E-state index contributed by atoms with van der Waals surface area (Å²) in [7, 11) is 0. The van der Waals surface area contributed by atoms with Crippen molar-refractivity contribution in [1.29, 1.82) is 0 Å². The third-order valence-electron chi connectivity index (χ3n) is 3.15. The molecule has 2 rings (SSSR count). The number of benzene rings is 2. The SMILES string of the molecule is O=CN[C@@H](Cc1ccccc1[N+](=O)[O-])c1ccc(Cl)cc1. The van der Waals surface area contributed by atoms with Gasteiger partial charge in [-0.1, -0.05) is 41.9 Å². The highest BCUT2D eigenvalue weighted by Gasteiger charge is 2.18. The van der Waals surface area contributed by atoms with Crippen LogP contribution in [0.3, 0.4) is 0 Å². The Balaban J connectivity index is 2.30. The predicted octanol–water partition coefficient (Wildman–Crippen LogP) is 3.28. The van der Waals surface area contributed by atoms with E-state index in [4.69, 9.17) is 11.6 Å². The average molecular weight is 305 g/mol. The summed E-state index contributed by atoms with van der Waals surface area (Å²) in [4.78, 5) is 21.4. The first kappa shape index (κ1) is 15.0. The maximum Gasteiger partial charge on any atom is 0.272 e. The van der Waals surface area contributed by atoms with Gasteiger partial charge in [0.25, 0.3) is 5.69 Å². The van der Waals surface area contributed by atoms with Crippen LogP contribution >= 0.6 is 11.6 Å². The fraction of sp³-hybridized carbons (Fsp3) is 0.133. The van der Waals surface area contributed by atoms with E-state index in [1.807, 2.05) is 0 Å². The van der Waals surface area contributed by atoms with Crippen molar-refractivity contribution in [1.82, 2.24) is 5.32 Å². The predicted molar refractivity (Wildman–Crippen MR) is 80.2 cm³/mol. The van der Waals surface area contributed by atoms with Crippen LogP contribution in [0.1, 0.15) is 17.2 Å². The molecule has 0 saturated carbocycles. The van der Waals surface area contributed by atoms with Gasteiger partial charge in [-0.3, -0.25) is 14.9 Å². The van der Waals surface area contributed by atoms with E-state index in [-0.39, 0.29) is 11.7 Å². The van der Waals surface area contributed by atoms with E-state index >= 15 is 0 Å². The molecule has 0 unspecified atom stereocenters. The quantitative estimate of drug-likeness (QED) is 0.505. The molecule has 6 heteroatoms. The summed E-state index contributed by atoms with van der Waals surface area (Å²) in [6.45, 7) is 0. The Morgan fingerprint density at radius 1 is 1.19 bits per heavy atom. The van der Waals surface area contributed by atoms with Crippen molar-refractivity contribution in [3.8, 4) is 0 Å². The van der Waals surface area contributed by atoms with Crippen molar-refractivity contribution in [2.75, 3.05) is 0 Å². The molecule has 2 aromatic rings. The summed E-state index contributed by atoms with van der Waals surface area (Å²) in [5.41, 5.74) is 1.45. The number of carbonyl (C=O) groups is 1. The van der Waals surface area contributed by atoms with Gasteiger partial charge in [0.15, 0.2) is 0 Å². The van der Waals surface area contributed by atoms with Gasteiger partial charge >= 0.3 is 0 Å². The molecule has 1 amide bonds. The maximum absolute atomic E-state index is 11.0. The maximum atomic E-state index is 11.0. The number of halogens is 1. The number of amides is 1. The van der Waals surface area contributed by atoms with E-state index in [0.717, 1.165) is 5.56 Å². The Morgan fingerprint density at radius 2 is 1.86 bits per heavy atom. The number of para-hydroxylation sites is 1. The summed E-state index contributed by atoms with van der Waals surface area (Å²) in [6.07, 6.45) is 0.922. The van der Waals surface area contributed by atoms with E-state index in [0.29, 0.717) is 23.4 Å². The molecule has 21 heavy (non-hydrogen) atoms. The fourth-order valence-corrected chi connectivity index (χ4v) is 2.26. The lowest BCUT2D eigenvalue weighted by Gasteiger charge is -2.16. The average Bonchev–Trinajstić information content (AvgIpc) is 2.48. The van der Waals surface area contributed by atoms with Crippen LogP contribution in [0.5, 0.6) is 0 Å². The van der Waals surface area contributed by atoms with Gasteiger partial charge in [0.05, 0.1) is 11.0 Å². The summed E-state index contributed by atoms with van der Waals surface area (Å²) in [6, 6.07) is 13.2. The summed E-state index contributed by atoms with van der Waals surface area (Å²) >= 11 is 5.84. The number of nitro groups is 1. The summed E-state index contributed by atoms with van der Waals surface area (Å²) in [5, 5.41) is 14.3. The molecule has 0 aliphatic rings. The van der Waals surface area contributed by atoms with Crippen molar-refractivity contribution in [2.45, 2.75) is 12.5 Å². The highest BCUT2D eigenvalue weighted by atomic mass is 35.5. The number of hydrogen-bond acceptors (Lipinski definition) is 3. The van der Waals surface area contributed by atoms with E-state index in [9.17, 15) is 14.9 Å². The zero-order valence-corrected chi connectivity index (χ0v) is 11.8. The molecule has 0 heterocycles. The number of hydrogen-bond donors (Lipinski definition) is 1. The number of nitrogens with zero attached hydrogens (tertiary/aromatic N) is 1. The minimum Gasteiger partial charge on any atom is -0.352 e. The second kappa shape index (κ2) is 6.85. The third kappa shape index (κ3) is 3.79. The standard InChI is InChI=1S/C15H13ClN2O3/c16-13-7-5-11(6-8-13)14(17-10-19)9-12-3-1-2-4-15(12)18(20)21/h1-8,10,14H,9H2,(H,17,19)/t14-/m0/s1. The summed E-state index contributed by atoms with van der Waals surface area (Å²) in [5.74, 6) is 0. The lowest BCUT2D eigenvalue weighted by Crippen LogP contribution is -2.22. The lowest BCUT2D eigenvalue weighted by atomic mass is 9.98. The Morgan fingerprint density at radius 3 is 2.48 bits per heavy atom. The van der Waals surface area contributed by atoms with Crippen LogP contribution in [0.2, 0.25) is 5.02 Å². The molecule has 108 valence electrons. The summed E-state index contributed by atoms with van der Waals surface area (Å²) < 4.78 is 0. The van der Waals surface area contributed by atoms with Gasteiger partial charge in [0, 0.05) is 23.1 Å². The highest BCUT2D eigenvalue weighted by molar-refractivity contribution is 6.30. The topological polar surface area (TPSA) is 72.2 Å². The highest BCUT2D eigenvalue weighted by Crippen LogP contribution is 2.25. The van der Waals surface area contributed by atoms with Gasteiger partial charge in [-0.15, -0.1) is 0 Å². The molecule has 0 bridgehead atoms. The van der Waals surface area contributed by atoms with Crippen LogP contribution in [-0.4, -0.2) is 11.3 Å². The zero-order valence-electron chi connectivity index (χ0n) is 11.0. The second-order valence-electron chi connectivity index (χ2n) is 4.48. The molecule has 0 aromatic heterocycles. The van der Waals surface area contributed by atoms with Gasteiger partial charge in [-0.05, 0) is 17.7 Å². The van der Waals surface area contributed by atoms with Gasteiger partial charge in [0.2, 0.25) is 6.41 Å². The number of nitro benzene ring substituents is 1. The lowest BCUT2D eigenvalue weighted by molar-refractivity contribution is -0.385. The van der Waals surface area contributed by atoms with Gasteiger partial charge in [-0.25, -0.2) is 0 Å². The Hall–Kier alpha value is -2.40. The number of rotatable bonds is 6. The van der Waals surface area contributed by atoms with Crippen LogP contribution in [0.15, 0.2) is 48.5 Å². The van der Waals surface area contributed by atoms with E-state index in [1.165, 1.54) is 6.07 Å². The largest absolute Gasteiger partial charge is 0.352 e. The molecular formula is C15H13ClN2O3. The van der Waals surface area contributed by atoms with Crippen molar-refractivity contribution in [2.24, 2.45) is 0 Å². The van der Waals surface area contributed by atoms with Crippen LogP contribution in [0, 0.1) is 10.1 Å². The van der Waals surface area contributed by atoms with Crippen molar-refractivity contribution in [3.05, 3.63) is 74.8 Å². The second-order valence-corrected chi connectivity index (χ2v) is 4.92. The number of carbonyl (C=O) groups excluding carboxylic acids is 1. The normalized spacial score (nSPS) is 11.7. The minimum atomic E-state index is -0.421. The molecule has 0 saturated heterocycles. The van der Waals surface area contributed by atoms with E-state index in [1.54, 1.807) is 42.5 Å². The molecular weight excluding hydrogens is 292 g/mol. The first-order chi connectivity index (χ1) is 10.1. The van der Waals surface area contributed by atoms with Gasteiger partial charge in [-0.2, -0.15) is 0 Å². The molecule has 0 fully saturated rings. The first-order valence-corrected chi connectivity index (χ1v) is 6.67. The van der Waals surface area contributed by atoms with Crippen molar-refractivity contribution in [3.63, 3.8) is 0 Å². The first-order valence-electron chi connectivity index (χ1n) is 6.29. The van der Waals surface area contributed by atoms with Crippen molar-refractivity contribution >= 4 is 23.7 Å². The van der Waals surface area contributed by atoms with Gasteiger partial charge in [0.1, 0.15) is 0 Å². The molecule has 0 spiro atoms. The number of nitrogens with one attached hydrogen (secondary N) is 1. The van der Waals surface area contributed by atoms with Crippen molar-refractivity contribution < 1.29 is 9.72 Å². The monoisotopic (exact) mass is 304 g/mol. The van der Waals surface area contributed by atoms with E-state index in [2.05, 4.69) is 5.32 Å². The molecule has 0 radical (unpaired) electrons.